The summed E-state index contributed by atoms with van der Waals surface area (Å²) in [6.45, 7) is 2.47. The van der Waals surface area contributed by atoms with Crippen LogP contribution in [0.3, 0.4) is 0 Å². The van der Waals surface area contributed by atoms with E-state index in [9.17, 15) is 4.79 Å². The molecule has 0 aliphatic rings. The largest absolute Gasteiger partial charge is 0.384 e. The average Bonchev–Trinajstić information content (AvgIpc) is 3.00. The standard InChI is InChI=1S/C16H21N3OS/c1-19(2)10-9-17-14-7-5-13(6-8-14)12-18-16(20)15-4-3-11-21-15/h3-8,11,17H,9-10,12H2,1-2H3,(H,18,20). The van der Waals surface area contributed by atoms with Crippen LogP contribution in [0.25, 0.3) is 0 Å². The van der Waals surface area contributed by atoms with Gasteiger partial charge in [0, 0.05) is 25.3 Å². The summed E-state index contributed by atoms with van der Waals surface area (Å²) < 4.78 is 0. The van der Waals surface area contributed by atoms with Crippen molar-refractivity contribution in [3.8, 4) is 0 Å². The zero-order chi connectivity index (χ0) is 15.1. The van der Waals surface area contributed by atoms with Crippen LogP contribution in [0.5, 0.6) is 0 Å². The van der Waals surface area contributed by atoms with E-state index in [2.05, 4.69) is 29.6 Å². The highest BCUT2D eigenvalue weighted by Gasteiger charge is 2.05. The summed E-state index contributed by atoms with van der Waals surface area (Å²) in [6.07, 6.45) is 0. The number of likely N-dealkylation sites (N-methyl/N-ethyl adjacent to an activating group) is 1. The molecule has 1 aromatic carbocycles. The van der Waals surface area contributed by atoms with Crippen molar-refractivity contribution >= 4 is 22.9 Å². The molecule has 0 bridgehead atoms. The summed E-state index contributed by atoms with van der Waals surface area (Å²) >= 11 is 1.45. The minimum atomic E-state index is -0.0156. The topological polar surface area (TPSA) is 44.4 Å². The highest BCUT2D eigenvalue weighted by Crippen LogP contribution is 2.11. The molecule has 112 valence electrons. The van der Waals surface area contributed by atoms with E-state index in [1.807, 2.05) is 41.8 Å². The van der Waals surface area contributed by atoms with Crippen molar-refractivity contribution in [3.63, 3.8) is 0 Å². The second kappa shape index (κ2) is 7.81. The molecule has 2 rings (SSSR count). The van der Waals surface area contributed by atoms with Gasteiger partial charge >= 0.3 is 0 Å². The van der Waals surface area contributed by atoms with Crippen LogP contribution in [0.2, 0.25) is 0 Å². The third kappa shape index (κ3) is 5.21. The molecule has 0 saturated heterocycles. The van der Waals surface area contributed by atoms with Crippen LogP contribution in [0.1, 0.15) is 15.2 Å². The summed E-state index contributed by atoms with van der Waals surface area (Å²) in [6, 6.07) is 11.9. The molecular formula is C16H21N3OS. The van der Waals surface area contributed by atoms with Gasteiger partial charge in [0.25, 0.3) is 5.91 Å². The molecule has 0 aliphatic heterocycles. The van der Waals surface area contributed by atoms with E-state index in [1.165, 1.54) is 11.3 Å². The van der Waals surface area contributed by atoms with Crippen LogP contribution in [-0.4, -0.2) is 38.0 Å². The summed E-state index contributed by atoms with van der Waals surface area (Å²) in [5, 5.41) is 8.19. The lowest BCUT2D eigenvalue weighted by atomic mass is 10.2. The fourth-order valence-electron chi connectivity index (χ4n) is 1.84. The lowest BCUT2D eigenvalue weighted by Gasteiger charge is -2.11. The van der Waals surface area contributed by atoms with Crippen molar-refractivity contribution in [2.45, 2.75) is 6.54 Å². The van der Waals surface area contributed by atoms with Crippen LogP contribution < -0.4 is 10.6 Å². The number of nitrogens with zero attached hydrogens (tertiary/aromatic N) is 1. The summed E-state index contributed by atoms with van der Waals surface area (Å²) in [4.78, 5) is 14.7. The normalized spacial score (nSPS) is 10.6. The predicted molar refractivity (Wildman–Crippen MR) is 89.0 cm³/mol. The maximum absolute atomic E-state index is 11.8. The minimum absolute atomic E-state index is 0.0156. The van der Waals surface area contributed by atoms with E-state index in [0.29, 0.717) is 6.54 Å². The molecule has 1 amide bonds. The van der Waals surface area contributed by atoms with Crippen LogP contribution in [0.15, 0.2) is 41.8 Å². The number of thiophene rings is 1. The van der Waals surface area contributed by atoms with E-state index in [4.69, 9.17) is 0 Å². The van der Waals surface area contributed by atoms with E-state index in [-0.39, 0.29) is 5.91 Å². The first-order valence-corrected chi connectivity index (χ1v) is 7.82. The van der Waals surface area contributed by atoms with Crippen molar-refractivity contribution in [3.05, 3.63) is 52.2 Å². The van der Waals surface area contributed by atoms with Crippen LogP contribution in [-0.2, 0) is 6.54 Å². The zero-order valence-corrected chi connectivity index (χ0v) is 13.2. The molecule has 5 heteroatoms. The number of carbonyl (C=O) groups is 1. The number of benzene rings is 1. The lowest BCUT2D eigenvalue weighted by molar-refractivity contribution is 0.0955. The lowest BCUT2D eigenvalue weighted by Crippen LogP contribution is -2.22. The Morgan fingerprint density at radius 3 is 2.57 bits per heavy atom. The molecule has 1 aromatic heterocycles. The van der Waals surface area contributed by atoms with Crippen LogP contribution in [0.4, 0.5) is 5.69 Å². The van der Waals surface area contributed by atoms with Gasteiger partial charge in [-0.2, -0.15) is 0 Å². The molecule has 0 aliphatic carbocycles. The maximum atomic E-state index is 11.8. The average molecular weight is 303 g/mol. The monoisotopic (exact) mass is 303 g/mol. The van der Waals surface area contributed by atoms with Crippen molar-refractivity contribution in [1.29, 1.82) is 0 Å². The number of nitrogens with one attached hydrogen (secondary N) is 2. The van der Waals surface area contributed by atoms with Gasteiger partial charge in [0.15, 0.2) is 0 Å². The van der Waals surface area contributed by atoms with Gasteiger partial charge in [0.2, 0.25) is 0 Å². The van der Waals surface area contributed by atoms with Crippen molar-refractivity contribution < 1.29 is 4.79 Å². The molecule has 2 aromatic rings. The molecule has 0 atom stereocenters. The highest BCUT2D eigenvalue weighted by atomic mass is 32.1. The Hall–Kier alpha value is -1.85. The third-order valence-electron chi connectivity index (χ3n) is 3.04. The Labute approximate surface area is 129 Å². The Balaban J connectivity index is 1.78. The highest BCUT2D eigenvalue weighted by molar-refractivity contribution is 7.12. The van der Waals surface area contributed by atoms with E-state index >= 15 is 0 Å². The molecule has 0 saturated carbocycles. The van der Waals surface area contributed by atoms with Crippen molar-refractivity contribution in [2.24, 2.45) is 0 Å². The SMILES string of the molecule is CN(C)CCNc1ccc(CNC(=O)c2cccs2)cc1. The first-order chi connectivity index (χ1) is 10.1. The van der Waals surface area contributed by atoms with E-state index in [1.54, 1.807) is 0 Å². The van der Waals surface area contributed by atoms with Gasteiger partial charge in [0.05, 0.1) is 4.88 Å². The number of hydrogen-bond donors (Lipinski definition) is 2. The third-order valence-corrected chi connectivity index (χ3v) is 3.91. The molecule has 1 heterocycles. The molecule has 0 unspecified atom stereocenters. The first kappa shape index (κ1) is 15.5. The first-order valence-electron chi connectivity index (χ1n) is 6.94. The summed E-state index contributed by atoms with van der Waals surface area (Å²) in [5.41, 5.74) is 2.20. The second-order valence-electron chi connectivity index (χ2n) is 5.09. The van der Waals surface area contributed by atoms with Gasteiger partial charge < -0.3 is 15.5 Å². The van der Waals surface area contributed by atoms with Gasteiger partial charge in [-0.25, -0.2) is 0 Å². The number of amides is 1. The fraction of sp³-hybridized carbons (Fsp3) is 0.312. The van der Waals surface area contributed by atoms with E-state index in [0.717, 1.165) is 29.2 Å². The predicted octanol–water partition coefficient (Wildman–Crippen LogP) is 2.65. The Morgan fingerprint density at radius 2 is 1.95 bits per heavy atom. The molecule has 0 spiro atoms. The number of carbonyl (C=O) groups excluding carboxylic acids is 1. The molecule has 2 N–H and O–H groups in total. The summed E-state index contributed by atoms with van der Waals surface area (Å²) in [5.74, 6) is -0.0156. The fourth-order valence-corrected chi connectivity index (χ4v) is 2.48. The second-order valence-corrected chi connectivity index (χ2v) is 6.03. The van der Waals surface area contributed by atoms with Crippen LogP contribution >= 0.6 is 11.3 Å². The Morgan fingerprint density at radius 1 is 1.19 bits per heavy atom. The molecule has 4 nitrogen and oxygen atoms in total. The zero-order valence-electron chi connectivity index (χ0n) is 12.4. The van der Waals surface area contributed by atoms with Gasteiger partial charge in [0.1, 0.15) is 0 Å². The van der Waals surface area contributed by atoms with Gasteiger partial charge in [-0.15, -0.1) is 11.3 Å². The van der Waals surface area contributed by atoms with Gasteiger partial charge in [-0.05, 0) is 43.2 Å². The minimum Gasteiger partial charge on any atom is -0.384 e. The van der Waals surface area contributed by atoms with Crippen LogP contribution in [0, 0.1) is 0 Å². The molecule has 21 heavy (non-hydrogen) atoms. The number of rotatable bonds is 7. The smallest absolute Gasteiger partial charge is 0.261 e. The summed E-state index contributed by atoms with van der Waals surface area (Å²) in [7, 11) is 4.11. The Bertz CT molecular complexity index is 549. The molecule has 0 radical (unpaired) electrons. The van der Waals surface area contributed by atoms with Gasteiger partial charge in [-0.1, -0.05) is 18.2 Å². The Kier molecular flexibility index (Phi) is 5.78. The quantitative estimate of drug-likeness (QED) is 0.826. The number of hydrogen-bond acceptors (Lipinski definition) is 4. The van der Waals surface area contributed by atoms with E-state index < -0.39 is 0 Å². The molecular weight excluding hydrogens is 282 g/mol. The maximum Gasteiger partial charge on any atom is 0.261 e. The van der Waals surface area contributed by atoms with Crippen molar-refractivity contribution in [1.82, 2.24) is 10.2 Å². The number of anilines is 1. The molecule has 0 fully saturated rings. The van der Waals surface area contributed by atoms with Crippen molar-refractivity contribution in [2.75, 3.05) is 32.5 Å². The van der Waals surface area contributed by atoms with Gasteiger partial charge in [-0.3, -0.25) is 4.79 Å².